The molecule has 0 amide bonds. The third-order valence-corrected chi connectivity index (χ3v) is 2.12. The Bertz CT molecular complexity index is 342. The molecule has 16 heavy (non-hydrogen) atoms. The van der Waals surface area contributed by atoms with Crippen LogP contribution in [-0.2, 0) is 4.74 Å². The van der Waals surface area contributed by atoms with Crippen LogP contribution in [0.5, 0.6) is 0 Å². The fourth-order valence-electron chi connectivity index (χ4n) is 1.25. The Labute approximate surface area is 95.3 Å². The standard InChI is InChI=1S/C11H17N3O2/c1-3-4-5-6-13-10-8-12-7-9(14-10)11(15)16-2/h7-8H,3-6H2,1-2H3,(H,13,14). The molecule has 0 aliphatic rings. The van der Waals surface area contributed by atoms with Crippen molar-refractivity contribution >= 4 is 11.8 Å². The minimum Gasteiger partial charge on any atom is -0.464 e. The highest BCUT2D eigenvalue weighted by Gasteiger charge is 2.07. The van der Waals surface area contributed by atoms with E-state index in [4.69, 9.17) is 0 Å². The maximum atomic E-state index is 11.2. The molecule has 0 atom stereocenters. The zero-order valence-corrected chi connectivity index (χ0v) is 9.69. The molecule has 0 fully saturated rings. The van der Waals surface area contributed by atoms with Crippen LogP contribution in [0.2, 0.25) is 0 Å². The number of rotatable bonds is 6. The van der Waals surface area contributed by atoms with Crippen LogP contribution in [0, 0.1) is 0 Å². The zero-order chi connectivity index (χ0) is 11.8. The summed E-state index contributed by atoms with van der Waals surface area (Å²) in [6.45, 7) is 2.99. The molecule has 0 aromatic carbocycles. The van der Waals surface area contributed by atoms with Crippen LogP contribution < -0.4 is 5.32 Å². The third kappa shape index (κ3) is 3.84. The molecule has 5 heteroatoms. The second-order valence-corrected chi connectivity index (χ2v) is 3.42. The smallest absolute Gasteiger partial charge is 0.358 e. The maximum Gasteiger partial charge on any atom is 0.358 e. The number of unbranched alkanes of at least 4 members (excludes halogenated alkanes) is 2. The molecule has 0 saturated heterocycles. The summed E-state index contributed by atoms with van der Waals surface area (Å²) < 4.78 is 4.57. The summed E-state index contributed by atoms with van der Waals surface area (Å²) in [4.78, 5) is 19.2. The summed E-state index contributed by atoms with van der Waals surface area (Å²) in [5, 5.41) is 3.12. The van der Waals surface area contributed by atoms with Crippen LogP contribution in [0.25, 0.3) is 0 Å². The van der Waals surface area contributed by atoms with E-state index in [1.54, 1.807) is 6.20 Å². The van der Waals surface area contributed by atoms with Crippen LogP contribution in [0.3, 0.4) is 0 Å². The van der Waals surface area contributed by atoms with E-state index in [0.717, 1.165) is 13.0 Å². The molecule has 1 aromatic heterocycles. The van der Waals surface area contributed by atoms with Crippen LogP contribution in [0.1, 0.15) is 36.7 Å². The summed E-state index contributed by atoms with van der Waals surface area (Å²) in [7, 11) is 1.32. The summed E-state index contributed by atoms with van der Waals surface area (Å²) in [6, 6.07) is 0. The number of nitrogens with one attached hydrogen (secondary N) is 1. The topological polar surface area (TPSA) is 64.1 Å². The molecular formula is C11H17N3O2. The summed E-state index contributed by atoms with van der Waals surface area (Å²) >= 11 is 0. The average Bonchev–Trinajstić information content (AvgIpc) is 2.34. The van der Waals surface area contributed by atoms with Crippen molar-refractivity contribution in [3.05, 3.63) is 18.1 Å². The number of ether oxygens (including phenoxy) is 1. The summed E-state index contributed by atoms with van der Waals surface area (Å²) in [6.07, 6.45) is 6.43. The van der Waals surface area contributed by atoms with Gasteiger partial charge in [-0.15, -0.1) is 0 Å². The second-order valence-electron chi connectivity index (χ2n) is 3.42. The summed E-state index contributed by atoms with van der Waals surface area (Å²) in [5.41, 5.74) is 0.225. The Morgan fingerprint density at radius 1 is 1.44 bits per heavy atom. The lowest BCUT2D eigenvalue weighted by atomic mass is 10.2. The highest BCUT2D eigenvalue weighted by atomic mass is 16.5. The Balaban J connectivity index is 2.50. The predicted octanol–water partition coefficient (Wildman–Crippen LogP) is 1.87. The number of carbonyl (C=O) groups excluding carboxylic acids is 1. The van der Waals surface area contributed by atoms with E-state index < -0.39 is 5.97 Å². The van der Waals surface area contributed by atoms with Crippen LogP contribution >= 0.6 is 0 Å². The molecule has 0 saturated carbocycles. The first kappa shape index (κ1) is 12.4. The van der Waals surface area contributed by atoms with Gasteiger partial charge in [0.05, 0.1) is 19.5 Å². The van der Waals surface area contributed by atoms with Gasteiger partial charge in [-0.25, -0.2) is 9.78 Å². The number of hydrogen-bond donors (Lipinski definition) is 1. The van der Waals surface area contributed by atoms with Gasteiger partial charge in [-0.1, -0.05) is 19.8 Å². The lowest BCUT2D eigenvalue weighted by Crippen LogP contribution is -2.09. The first-order valence-corrected chi connectivity index (χ1v) is 5.42. The Morgan fingerprint density at radius 3 is 2.94 bits per heavy atom. The molecule has 1 N–H and O–H groups in total. The number of aromatic nitrogens is 2. The van der Waals surface area contributed by atoms with E-state index in [2.05, 4.69) is 26.9 Å². The van der Waals surface area contributed by atoms with Gasteiger partial charge in [0.1, 0.15) is 5.82 Å². The van der Waals surface area contributed by atoms with Gasteiger partial charge >= 0.3 is 5.97 Å². The molecule has 1 aromatic rings. The van der Waals surface area contributed by atoms with Gasteiger partial charge in [0, 0.05) is 6.54 Å². The first-order chi connectivity index (χ1) is 7.77. The predicted molar refractivity (Wildman–Crippen MR) is 61.4 cm³/mol. The van der Waals surface area contributed by atoms with Crippen LogP contribution in [-0.4, -0.2) is 29.6 Å². The minimum atomic E-state index is -0.468. The van der Waals surface area contributed by atoms with E-state index in [9.17, 15) is 4.79 Å². The third-order valence-electron chi connectivity index (χ3n) is 2.12. The molecule has 1 heterocycles. The first-order valence-electron chi connectivity index (χ1n) is 5.42. The van der Waals surface area contributed by atoms with Crippen molar-refractivity contribution in [1.82, 2.24) is 9.97 Å². The Morgan fingerprint density at radius 2 is 2.25 bits per heavy atom. The molecule has 0 radical (unpaired) electrons. The molecular weight excluding hydrogens is 206 g/mol. The van der Waals surface area contributed by atoms with E-state index in [1.807, 2.05) is 0 Å². The van der Waals surface area contributed by atoms with Crippen molar-refractivity contribution in [2.75, 3.05) is 19.0 Å². The van der Waals surface area contributed by atoms with Gasteiger partial charge in [-0.2, -0.15) is 0 Å². The maximum absolute atomic E-state index is 11.2. The van der Waals surface area contributed by atoms with E-state index >= 15 is 0 Å². The van der Waals surface area contributed by atoms with Crippen LogP contribution in [0.4, 0.5) is 5.82 Å². The highest BCUT2D eigenvalue weighted by molar-refractivity contribution is 5.87. The van der Waals surface area contributed by atoms with Crippen molar-refractivity contribution in [1.29, 1.82) is 0 Å². The lowest BCUT2D eigenvalue weighted by molar-refractivity contribution is 0.0593. The lowest BCUT2D eigenvalue weighted by Gasteiger charge is -2.05. The minimum absolute atomic E-state index is 0.225. The second kappa shape index (κ2) is 6.76. The van der Waals surface area contributed by atoms with Gasteiger partial charge in [0.2, 0.25) is 0 Å². The largest absolute Gasteiger partial charge is 0.464 e. The average molecular weight is 223 g/mol. The van der Waals surface area contributed by atoms with E-state index in [0.29, 0.717) is 5.82 Å². The molecule has 0 aliphatic carbocycles. The molecule has 0 bridgehead atoms. The van der Waals surface area contributed by atoms with E-state index in [1.165, 1.54) is 26.1 Å². The number of anilines is 1. The quantitative estimate of drug-likeness (QED) is 0.589. The number of esters is 1. The van der Waals surface area contributed by atoms with E-state index in [-0.39, 0.29) is 5.69 Å². The normalized spacial score (nSPS) is 9.88. The molecule has 0 spiro atoms. The van der Waals surface area contributed by atoms with Gasteiger partial charge in [-0.05, 0) is 6.42 Å². The van der Waals surface area contributed by atoms with Gasteiger partial charge in [0.15, 0.2) is 5.69 Å². The fraction of sp³-hybridized carbons (Fsp3) is 0.545. The van der Waals surface area contributed by atoms with Crippen molar-refractivity contribution in [3.8, 4) is 0 Å². The number of nitrogens with zero attached hydrogens (tertiary/aromatic N) is 2. The molecule has 1 rings (SSSR count). The van der Waals surface area contributed by atoms with Crippen LogP contribution in [0.15, 0.2) is 12.4 Å². The Kier molecular flexibility index (Phi) is 5.25. The van der Waals surface area contributed by atoms with Gasteiger partial charge in [-0.3, -0.25) is 4.98 Å². The van der Waals surface area contributed by atoms with Crippen molar-refractivity contribution in [2.45, 2.75) is 26.2 Å². The van der Waals surface area contributed by atoms with Crippen molar-refractivity contribution in [2.24, 2.45) is 0 Å². The monoisotopic (exact) mass is 223 g/mol. The molecule has 5 nitrogen and oxygen atoms in total. The number of carbonyl (C=O) groups is 1. The van der Waals surface area contributed by atoms with Crippen molar-refractivity contribution < 1.29 is 9.53 Å². The highest BCUT2D eigenvalue weighted by Crippen LogP contribution is 2.04. The number of hydrogen-bond acceptors (Lipinski definition) is 5. The van der Waals surface area contributed by atoms with Gasteiger partial charge < -0.3 is 10.1 Å². The Hall–Kier alpha value is -1.65. The fourth-order valence-corrected chi connectivity index (χ4v) is 1.25. The number of methoxy groups -OCH3 is 1. The van der Waals surface area contributed by atoms with Gasteiger partial charge in [0.25, 0.3) is 0 Å². The SMILES string of the molecule is CCCCCNc1cncc(C(=O)OC)n1. The molecule has 88 valence electrons. The molecule has 0 aliphatic heterocycles. The summed E-state index contributed by atoms with van der Waals surface area (Å²) in [5.74, 6) is 0.142. The van der Waals surface area contributed by atoms with Crippen molar-refractivity contribution in [3.63, 3.8) is 0 Å². The molecule has 0 unspecified atom stereocenters. The zero-order valence-electron chi connectivity index (χ0n) is 9.69.